The Balaban J connectivity index is 0.00000220. The van der Waals surface area contributed by atoms with E-state index in [9.17, 15) is 0 Å². The minimum absolute atomic E-state index is 0. The van der Waals surface area contributed by atoms with Gasteiger partial charge in [-0.1, -0.05) is 0 Å². The molecule has 22 heavy (non-hydrogen) atoms. The van der Waals surface area contributed by atoms with Gasteiger partial charge in [0.2, 0.25) is 0 Å². The Morgan fingerprint density at radius 1 is 1.00 bits per heavy atom. The summed E-state index contributed by atoms with van der Waals surface area (Å²) in [5.74, 6) is 0. The largest absolute Gasteiger partial charge is 1.00 e. The molecule has 0 N–H and O–H groups in total. The standard InChI is InChI=1S/C11H19Si.C5H5.2CH3.2ClH.Ti/c1-11(2,3)9-7-6-8-10(9)12(4)5;1-2-4-5-3-1;;;;;/h6-8,12H,1-5H3;1-5H;2*1H3;2*1H;/p-2. The van der Waals surface area contributed by atoms with Gasteiger partial charge in [-0.05, 0) is 0 Å². The van der Waals surface area contributed by atoms with Gasteiger partial charge in [0.05, 0.1) is 0 Å². The van der Waals surface area contributed by atoms with E-state index in [0.717, 1.165) is 0 Å². The number of allylic oxidation sites excluding steroid dienone is 8. The topological polar surface area (TPSA) is 0 Å². The Kier molecular flexibility index (Phi) is 7.73. The molecule has 0 heterocycles. The SMILES string of the molecule is C[SiH](C)C1=CC=C[C]1(C(C)(C)C)[Ti]([CH3])([CH3])[CH]1C=CC=C1.[Cl-].[Cl-]. The molecule has 0 aliphatic heterocycles. The summed E-state index contributed by atoms with van der Waals surface area (Å²) in [6, 6.07) is 0. The molecule has 0 aromatic rings. The van der Waals surface area contributed by atoms with Crippen molar-refractivity contribution >= 4 is 8.80 Å². The van der Waals surface area contributed by atoms with E-state index < -0.39 is 25.4 Å². The van der Waals surface area contributed by atoms with Crippen LogP contribution in [0.3, 0.4) is 0 Å². The van der Waals surface area contributed by atoms with Gasteiger partial charge in [-0.3, -0.25) is 0 Å². The summed E-state index contributed by atoms with van der Waals surface area (Å²) in [6.45, 7) is 12.4. The first-order valence-electron chi connectivity index (χ1n) is 7.89. The van der Waals surface area contributed by atoms with E-state index >= 15 is 0 Å². The second-order valence-corrected chi connectivity index (χ2v) is 18.8. The van der Waals surface area contributed by atoms with Crippen molar-refractivity contribution in [1.82, 2.24) is 0 Å². The third kappa shape index (κ3) is 3.30. The van der Waals surface area contributed by atoms with Gasteiger partial charge in [0.1, 0.15) is 0 Å². The van der Waals surface area contributed by atoms with Gasteiger partial charge in [0, 0.05) is 0 Å². The van der Waals surface area contributed by atoms with Crippen LogP contribution in [0.25, 0.3) is 0 Å². The first kappa shape index (κ1) is 22.5. The number of halogens is 2. The number of hydrogen-bond donors (Lipinski definition) is 0. The van der Waals surface area contributed by atoms with Crippen LogP contribution in [0.15, 0.2) is 47.7 Å². The van der Waals surface area contributed by atoms with Gasteiger partial charge in [-0.25, -0.2) is 0 Å². The maximum atomic E-state index is 2.65. The van der Waals surface area contributed by atoms with Crippen molar-refractivity contribution in [2.75, 3.05) is 0 Å². The Labute approximate surface area is 155 Å². The van der Waals surface area contributed by atoms with Gasteiger partial charge >= 0.3 is 131 Å². The molecule has 0 fully saturated rings. The fourth-order valence-corrected chi connectivity index (χ4v) is 17.2. The van der Waals surface area contributed by atoms with Crippen LogP contribution in [0.4, 0.5) is 0 Å². The zero-order valence-corrected chi connectivity index (χ0v) is 19.2. The predicted molar refractivity (Wildman–Crippen MR) is 92.0 cm³/mol. The first-order valence-corrected chi connectivity index (χ1v) is 15.6. The molecule has 0 spiro atoms. The Morgan fingerprint density at radius 3 is 1.91 bits per heavy atom. The smallest absolute Gasteiger partial charge is 1.00 e. The fourth-order valence-electron chi connectivity index (χ4n) is 4.58. The summed E-state index contributed by atoms with van der Waals surface area (Å²) in [4.78, 5) is 0. The molecule has 4 heteroatoms. The summed E-state index contributed by atoms with van der Waals surface area (Å²) in [7, 11) is -0.793. The molecular formula is C18H30Cl2SiTi-2. The monoisotopic (exact) mass is 392 g/mol. The molecule has 0 aromatic heterocycles. The predicted octanol–water partition coefficient (Wildman–Crippen LogP) is -0.114. The molecule has 2 aliphatic carbocycles. The van der Waals surface area contributed by atoms with E-state index in [4.69, 9.17) is 0 Å². The number of hydrogen-bond acceptors (Lipinski definition) is 0. The van der Waals surface area contributed by atoms with Gasteiger partial charge in [0.25, 0.3) is 0 Å². The van der Waals surface area contributed by atoms with E-state index in [0.29, 0.717) is 13.4 Å². The summed E-state index contributed by atoms with van der Waals surface area (Å²) >= 11 is -2.15. The van der Waals surface area contributed by atoms with Crippen LogP contribution >= 0.6 is 0 Å². The minimum atomic E-state index is -2.15. The van der Waals surface area contributed by atoms with Crippen molar-refractivity contribution in [3.63, 3.8) is 0 Å². The van der Waals surface area contributed by atoms with E-state index in [1.165, 1.54) is 0 Å². The molecule has 1 unspecified atom stereocenters. The molecule has 0 saturated heterocycles. The molecule has 0 amide bonds. The van der Waals surface area contributed by atoms with E-state index in [-0.39, 0.29) is 24.8 Å². The van der Waals surface area contributed by atoms with Crippen molar-refractivity contribution in [2.45, 2.75) is 52.3 Å². The second-order valence-electron chi connectivity index (χ2n) is 8.21. The summed E-state index contributed by atoms with van der Waals surface area (Å²) in [5, 5.41) is 7.11. The Bertz CT molecular complexity index is 498. The Morgan fingerprint density at radius 2 is 1.50 bits per heavy atom. The zero-order valence-electron chi connectivity index (χ0n) is 15.0. The Hall–Kier alpha value is 0.471. The van der Waals surface area contributed by atoms with Crippen LogP contribution in [0.5, 0.6) is 0 Å². The van der Waals surface area contributed by atoms with Crippen molar-refractivity contribution in [3.05, 3.63) is 47.7 Å². The average Bonchev–Trinajstić information content (AvgIpc) is 2.98. The first-order chi connectivity index (χ1) is 9.14. The minimum Gasteiger partial charge on any atom is -1.00 e. The van der Waals surface area contributed by atoms with E-state index in [1.807, 2.05) is 5.20 Å². The van der Waals surface area contributed by atoms with E-state index in [1.54, 1.807) is 0 Å². The van der Waals surface area contributed by atoms with Crippen molar-refractivity contribution in [2.24, 2.45) is 5.41 Å². The van der Waals surface area contributed by atoms with Gasteiger partial charge in [0.15, 0.2) is 0 Å². The maximum Gasteiger partial charge on any atom is -1.00 e. The number of rotatable bonds is 3. The van der Waals surface area contributed by atoms with Gasteiger partial charge in [-0.2, -0.15) is 0 Å². The second kappa shape index (κ2) is 7.57. The molecule has 2 rings (SSSR count). The van der Waals surface area contributed by atoms with Crippen LogP contribution in [0.2, 0.25) is 31.5 Å². The van der Waals surface area contributed by atoms with Crippen LogP contribution < -0.4 is 24.8 Å². The third-order valence-corrected chi connectivity index (χ3v) is 16.1. The molecule has 0 saturated carbocycles. The quantitative estimate of drug-likeness (QED) is 0.587. The third-order valence-electron chi connectivity index (χ3n) is 5.48. The van der Waals surface area contributed by atoms with Crippen LogP contribution in [-0.2, 0) is 16.6 Å². The van der Waals surface area contributed by atoms with Crippen molar-refractivity contribution < 1.29 is 41.4 Å². The van der Waals surface area contributed by atoms with E-state index in [2.05, 4.69) is 86.9 Å². The molecule has 0 nitrogen and oxygen atoms in total. The fraction of sp³-hybridized carbons (Fsp3) is 0.556. The molecule has 0 radical (unpaired) electrons. The molecule has 0 bridgehead atoms. The zero-order chi connectivity index (χ0) is 15.2. The van der Waals surface area contributed by atoms with Crippen molar-refractivity contribution in [3.8, 4) is 0 Å². The molecule has 0 aromatic carbocycles. The van der Waals surface area contributed by atoms with Gasteiger partial charge in [-0.15, -0.1) is 0 Å². The molecular weight excluding hydrogens is 363 g/mol. The average molecular weight is 393 g/mol. The van der Waals surface area contributed by atoms with Crippen molar-refractivity contribution in [1.29, 1.82) is 0 Å². The summed E-state index contributed by atoms with van der Waals surface area (Å²) in [5.41, 5.74) is 0.316. The maximum absolute atomic E-state index is 2.65. The summed E-state index contributed by atoms with van der Waals surface area (Å²) in [6.07, 6.45) is 16.8. The normalized spacial score (nSPS) is 24.5. The molecule has 1 atom stereocenters. The molecule has 126 valence electrons. The van der Waals surface area contributed by atoms with Crippen LogP contribution in [0.1, 0.15) is 20.8 Å². The molecule has 2 aliphatic rings. The summed E-state index contributed by atoms with van der Waals surface area (Å²) < 4.78 is 1.07. The van der Waals surface area contributed by atoms with Crippen LogP contribution in [-0.4, -0.2) is 8.80 Å². The van der Waals surface area contributed by atoms with Crippen LogP contribution in [0, 0.1) is 5.41 Å². The van der Waals surface area contributed by atoms with Gasteiger partial charge < -0.3 is 24.8 Å².